The molecule has 4 heteroatoms. The van der Waals surface area contributed by atoms with E-state index in [1.165, 1.54) is 0 Å². The van der Waals surface area contributed by atoms with Gasteiger partial charge in [-0.1, -0.05) is 17.7 Å². The molecule has 0 atom stereocenters. The molecule has 0 saturated carbocycles. The van der Waals surface area contributed by atoms with Gasteiger partial charge in [0.15, 0.2) is 0 Å². The summed E-state index contributed by atoms with van der Waals surface area (Å²) in [5.41, 5.74) is 1.08. The molecule has 1 aromatic rings. The molecule has 0 amide bonds. The minimum atomic E-state index is 0.694. The van der Waals surface area contributed by atoms with E-state index in [0.29, 0.717) is 6.61 Å². The molecule has 2 rings (SSSR count). The number of morpholine rings is 1. The van der Waals surface area contributed by atoms with Gasteiger partial charge >= 0.3 is 0 Å². The fourth-order valence-corrected chi connectivity index (χ4v) is 1.95. The lowest BCUT2D eigenvalue weighted by Gasteiger charge is -2.26. The summed E-state index contributed by atoms with van der Waals surface area (Å²) in [5.74, 6) is 0.842. The lowest BCUT2D eigenvalue weighted by molar-refractivity contribution is 0.0322. The largest absolute Gasteiger partial charge is 0.492 e. The minimum absolute atomic E-state index is 0.694. The van der Waals surface area contributed by atoms with Crippen molar-refractivity contribution in [3.8, 4) is 5.75 Å². The van der Waals surface area contributed by atoms with Crippen molar-refractivity contribution in [2.75, 3.05) is 39.5 Å². The van der Waals surface area contributed by atoms with E-state index in [0.717, 1.165) is 49.2 Å². The quantitative estimate of drug-likeness (QED) is 0.825. The second-order valence-corrected chi connectivity index (χ2v) is 4.62. The van der Waals surface area contributed by atoms with Crippen molar-refractivity contribution < 1.29 is 9.47 Å². The van der Waals surface area contributed by atoms with E-state index in [4.69, 9.17) is 21.1 Å². The van der Waals surface area contributed by atoms with Gasteiger partial charge in [-0.3, -0.25) is 4.90 Å². The van der Waals surface area contributed by atoms with E-state index in [1.807, 2.05) is 25.1 Å². The topological polar surface area (TPSA) is 21.7 Å². The molecule has 0 radical (unpaired) electrons. The fourth-order valence-electron chi connectivity index (χ4n) is 1.78. The highest BCUT2D eigenvalue weighted by molar-refractivity contribution is 6.31. The first-order valence-electron chi connectivity index (χ1n) is 5.95. The summed E-state index contributed by atoms with van der Waals surface area (Å²) < 4.78 is 11.0. The van der Waals surface area contributed by atoms with Crippen LogP contribution in [0.1, 0.15) is 5.56 Å². The van der Waals surface area contributed by atoms with Crippen molar-refractivity contribution in [3.63, 3.8) is 0 Å². The lowest BCUT2D eigenvalue weighted by Crippen LogP contribution is -2.38. The van der Waals surface area contributed by atoms with Gasteiger partial charge in [-0.2, -0.15) is 0 Å². The first-order valence-corrected chi connectivity index (χ1v) is 6.32. The van der Waals surface area contributed by atoms with Crippen LogP contribution in [0.4, 0.5) is 0 Å². The fraction of sp³-hybridized carbons (Fsp3) is 0.538. The molecule has 1 aliphatic rings. The van der Waals surface area contributed by atoms with Crippen LogP contribution in [0.5, 0.6) is 5.75 Å². The molecule has 0 bridgehead atoms. The number of aryl methyl sites for hydroxylation is 1. The third-order valence-electron chi connectivity index (χ3n) is 2.92. The van der Waals surface area contributed by atoms with Gasteiger partial charge in [0.05, 0.1) is 13.2 Å². The van der Waals surface area contributed by atoms with Crippen LogP contribution in [0, 0.1) is 6.92 Å². The first-order chi connectivity index (χ1) is 8.25. The van der Waals surface area contributed by atoms with Gasteiger partial charge in [-0.25, -0.2) is 0 Å². The van der Waals surface area contributed by atoms with Crippen LogP contribution in [0.25, 0.3) is 0 Å². The number of halogens is 1. The molecule has 0 unspecified atom stereocenters. The number of benzene rings is 1. The molecule has 1 saturated heterocycles. The maximum absolute atomic E-state index is 6.03. The van der Waals surface area contributed by atoms with Crippen LogP contribution < -0.4 is 4.74 Å². The van der Waals surface area contributed by atoms with Gasteiger partial charge in [-0.15, -0.1) is 0 Å². The number of ether oxygens (including phenoxy) is 2. The molecule has 0 N–H and O–H groups in total. The van der Waals surface area contributed by atoms with Crippen LogP contribution >= 0.6 is 11.6 Å². The molecule has 1 aliphatic heterocycles. The SMILES string of the molecule is Cc1ccc(OCCN2CCOCC2)cc1Cl. The number of hydrogen-bond acceptors (Lipinski definition) is 3. The normalized spacial score (nSPS) is 17.1. The highest BCUT2D eigenvalue weighted by Gasteiger charge is 2.09. The second kappa shape index (κ2) is 6.24. The Bertz CT molecular complexity index is 364. The maximum Gasteiger partial charge on any atom is 0.120 e. The van der Waals surface area contributed by atoms with Gasteiger partial charge < -0.3 is 9.47 Å². The van der Waals surface area contributed by atoms with E-state index >= 15 is 0 Å². The van der Waals surface area contributed by atoms with Crippen molar-refractivity contribution in [2.24, 2.45) is 0 Å². The zero-order valence-electron chi connectivity index (χ0n) is 10.1. The van der Waals surface area contributed by atoms with Crippen LogP contribution in [0.15, 0.2) is 18.2 Å². The molecule has 94 valence electrons. The van der Waals surface area contributed by atoms with Gasteiger partial charge in [0.1, 0.15) is 12.4 Å². The predicted octanol–water partition coefficient (Wildman–Crippen LogP) is 2.36. The van der Waals surface area contributed by atoms with E-state index in [9.17, 15) is 0 Å². The first kappa shape index (κ1) is 12.7. The van der Waals surface area contributed by atoms with Crippen LogP contribution in [-0.4, -0.2) is 44.4 Å². The molecule has 0 spiro atoms. The Balaban J connectivity index is 1.75. The third kappa shape index (κ3) is 3.87. The van der Waals surface area contributed by atoms with E-state index in [-0.39, 0.29) is 0 Å². The van der Waals surface area contributed by atoms with Crippen LogP contribution in [0.3, 0.4) is 0 Å². The summed E-state index contributed by atoms with van der Waals surface area (Å²) in [6.07, 6.45) is 0. The third-order valence-corrected chi connectivity index (χ3v) is 3.33. The number of nitrogens with zero attached hydrogens (tertiary/aromatic N) is 1. The Morgan fingerprint density at radius 3 is 2.82 bits per heavy atom. The minimum Gasteiger partial charge on any atom is -0.492 e. The summed E-state index contributed by atoms with van der Waals surface area (Å²) in [6, 6.07) is 5.81. The summed E-state index contributed by atoms with van der Waals surface area (Å²) >= 11 is 6.03. The Hall–Kier alpha value is -0.770. The molecule has 1 aromatic carbocycles. The van der Waals surface area contributed by atoms with E-state index < -0.39 is 0 Å². The molecule has 1 fully saturated rings. The molecule has 0 aliphatic carbocycles. The van der Waals surface area contributed by atoms with Gasteiger partial charge in [-0.05, 0) is 24.6 Å². The summed E-state index contributed by atoms with van der Waals surface area (Å²) in [6.45, 7) is 7.27. The van der Waals surface area contributed by atoms with Crippen molar-refractivity contribution >= 4 is 11.6 Å². The molecule has 3 nitrogen and oxygen atoms in total. The Morgan fingerprint density at radius 1 is 1.35 bits per heavy atom. The smallest absolute Gasteiger partial charge is 0.120 e. The molecular weight excluding hydrogens is 238 g/mol. The van der Waals surface area contributed by atoms with Crippen molar-refractivity contribution in [3.05, 3.63) is 28.8 Å². The Labute approximate surface area is 107 Å². The molecule has 1 heterocycles. The van der Waals surface area contributed by atoms with Crippen LogP contribution in [-0.2, 0) is 4.74 Å². The van der Waals surface area contributed by atoms with Gasteiger partial charge in [0.2, 0.25) is 0 Å². The Kier molecular flexibility index (Phi) is 4.66. The lowest BCUT2D eigenvalue weighted by atomic mass is 10.2. The molecule has 17 heavy (non-hydrogen) atoms. The second-order valence-electron chi connectivity index (χ2n) is 4.21. The highest BCUT2D eigenvalue weighted by Crippen LogP contribution is 2.21. The number of rotatable bonds is 4. The summed E-state index contributed by atoms with van der Waals surface area (Å²) in [4.78, 5) is 2.35. The van der Waals surface area contributed by atoms with E-state index in [1.54, 1.807) is 0 Å². The zero-order chi connectivity index (χ0) is 12.1. The highest BCUT2D eigenvalue weighted by atomic mass is 35.5. The van der Waals surface area contributed by atoms with Gasteiger partial charge in [0.25, 0.3) is 0 Å². The maximum atomic E-state index is 6.03. The Morgan fingerprint density at radius 2 is 2.12 bits per heavy atom. The van der Waals surface area contributed by atoms with Crippen molar-refractivity contribution in [1.29, 1.82) is 0 Å². The molecular formula is C13H18ClNO2. The summed E-state index contributed by atoms with van der Waals surface area (Å²) in [5, 5.41) is 0.758. The average Bonchev–Trinajstić information content (AvgIpc) is 2.35. The zero-order valence-corrected chi connectivity index (χ0v) is 10.9. The standard InChI is InChI=1S/C13H18ClNO2/c1-11-2-3-12(10-13(11)14)17-9-6-15-4-7-16-8-5-15/h2-3,10H,4-9H2,1H3. The van der Waals surface area contributed by atoms with E-state index in [2.05, 4.69) is 4.90 Å². The number of hydrogen-bond donors (Lipinski definition) is 0. The van der Waals surface area contributed by atoms with Gasteiger partial charge in [0, 0.05) is 24.7 Å². The average molecular weight is 256 g/mol. The molecule has 0 aromatic heterocycles. The van der Waals surface area contributed by atoms with Crippen LogP contribution in [0.2, 0.25) is 5.02 Å². The summed E-state index contributed by atoms with van der Waals surface area (Å²) in [7, 11) is 0. The van der Waals surface area contributed by atoms with Crippen molar-refractivity contribution in [1.82, 2.24) is 4.90 Å². The van der Waals surface area contributed by atoms with Crippen molar-refractivity contribution in [2.45, 2.75) is 6.92 Å². The predicted molar refractivity (Wildman–Crippen MR) is 68.9 cm³/mol. The monoisotopic (exact) mass is 255 g/mol.